The number of hydrogen-bond donors (Lipinski definition) is 0. The van der Waals surface area contributed by atoms with Gasteiger partial charge in [0.25, 0.3) is 0 Å². The van der Waals surface area contributed by atoms with Gasteiger partial charge in [0.2, 0.25) is 0 Å². The molecule has 2 heteroatoms. The first-order chi connectivity index (χ1) is 17.0. The maximum Gasteiger partial charge on any atom is 1.00 e. The average Bonchev–Trinajstić information content (AvgIpc) is 3.44. The molecule has 0 spiro atoms. The summed E-state index contributed by atoms with van der Waals surface area (Å²) < 4.78 is 0. The van der Waals surface area contributed by atoms with Gasteiger partial charge in [0.05, 0.1) is 0 Å². The minimum absolute atomic E-state index is 0. The molecule has 0 saturated heterocycles. The fourth-order valence-electron chi connectivity index (χ4n) is 4.71. The molecule has 0 radical (unpaired) electrons. The largest absolute Gasteiger partial charge is 1.00 e. The Kier molecular flexibility index (Phi) is 16.3. The van der Waals surface area contributed by atoms with Crippen LogP contribution in [0.2, 0.25) is 6.55 Å². The van der Waals surface area contributed by atoms with Crippen LogP contribution in [-0.4, -0.2) is 10.2 Å². The normalized spacial score (nSPS) is 13.8. The topological polar surface area (TPSA) is 0 Å². The van der Waals surface area contributed by atoms with Gasteiger partial charge in [0.1, 0.15) is 0 Å². The number of hydrogen-bond acceptors (Lipinski definition) is 0. The van der Waals surface area contributed by atoms with Crippen molar-refractivity contribution >= 4 is 43.9 Å². The fourth-order valence-corrected chi connectivity index (χ4v) is 4.71. The summed E-state index contributed by atoms with van der Waals surface area (Å²) in [7, 11) is 1.31. The van der Waals surface area contributed by atoms with Crippen molar-refractivity contribution in [2.45, 2.75) is 74.3 Å². The van der Waals surface area contributed by atoms with Crippen LogP contribution in [0.25, 0.3) is 33.7 Å². The van der Waals surface area contributed by atoms with Gasteiger partial charge in [-0.2, -0.15) is 6.42 Å². The Morgan fingerprint density at radius 2 is 1.26 bits per heavy atom. The molecule has 0 fully saturated rings. The summed E-state index contributed by atoms with van der Waals surface area (Å²) in [5.74, 6) is 0.588. The molecule has 0 heterocycles. The van der Waals surface area contributed by atoms with Crippen LogP contribution in [0, 0.1) is 6.92 Å². The molecule has 0 aliphatic heterocycles. The van der Waals surface area contributed by atoms with Crippen LogP contribution in [0.4, 0.5) is 0 Å². The Bertz CT molecular complexity index is 1340. The molecule has 0 bridgehead atoms. The predicted octanol–water partition coefficient (Wildman–Crippen LogP) is 7.46. The van der Waals surface area contributed by atoms with Gasteiger partial charge in [0, 0.05) is 5.92 Å². The second-order valence-corrected chi connectivity index (χ2v) is 9.28. The Hall–Kier alpha value is -2.31. The number of unbranched alkanes of at least 4 members (excludes halogenated alkanes) is 1. The fraction of sp³-hybridized carbons (Fsp3) is 0.306. The summed E-state index contributed by atoms with van der Waals surface area (Å²) in [5.41, 5.74) is 8.75. The quantitative estimate of drug-likeness (QED) is 0.182. The van der Waals surface area contributed by atoms with Crippen LogP contribution in [0.15, 0.2) is 83.9 Å². The van der Waals surface area contributed by atoms with Crippen LogP contribution >= 0.6 is 0 Å². The molecule has 0 amide bonds. The van der Waals surface area contributed by atoms with Crippen molar-refractivity contribution in [3.8, 4) is 0 Å². The van der Waals surface area contributed by atoms with Gasteiger partial charge < -0.3 is 6.92 Å². The van der Waals surface area contributed by atoms with Gasteiger partial charge in [-0.3, -0.25) is 0 Å². The van der Waals surface area contributed by atoms with Gasteiger partial charge >= 0.3 is 18.9 Å². The van der Waals surface area contributed by atoms with Crippen molar-refractivity contribution in [3.05, 3.63) is 113 Å². The standard InChI is InChI=1S/C15H14.C14H12.C4H9.CH6Si.2CH4.Li/c1-10-9-15-13(11(10)2)8-7-12-5-3-4-6-14(12)15;1-10-8-12-7-6-11-4-2-3-5-13(11)14(12)9-10;1-3-4-2;1-2;;;/h3-9,11H,1-2H3;2-7,9H,8H2,1H3;1,3-4H2,2H3;1-2H3;2*1H4;/q;;-1;;;;+1. The smallest absolute Gasteiger partial charge is 0.343 e. The average molecular weight is 517 g/mol. The van der Waals surface area contributed by atoms with Crippen LogP contribution < -0.4 is 18.9 Å². The number of allylic oxidation sites excluding steroid dienone is 2. The van der Waals surface area contributed by atoms with Crippen LogP contribution in [0.3, 0.4) is 0 Å². The molecule has 0 N–H and O–H groups in total. The minimum Gasteiger partial charge on any atom is -0.343 e. The van der Waals surface area contributed by atoms with Crippen molar-refractivity contribution in [1.82, 2.24) is 0 Å². The summed E-state index contributed by atoms with van der Waals surface area (Å²) >= 11 is 0. The maximum absolute atomic E-state index is 3.60. The maximum atomic E-state index is 3.60. The van der Waals surface area contributed by atoms with Crippen molar-refractivity contribution < 1.29 is 18.9 Å². The first kappa shape index (κ1) is 35.7. The van der Waals surface area contributed by atoms with E-state index in [0.717, 1.165) is 12.8 Å². The van der Waals surface area contributed by atoms with E-state index < -0.39 is 0 Å². The molecule has 4 aromatic rings. The van der Waals surface area contributed by atoms with Crippen molar-refractivity contribution in [3.63, 3.8) is 0 Å². The van der Waals surface area contributed by atoms with E-state index >= 15 is 0 Å². The zero-order chi connectivity index (χ0) is 25.4. The van der Waals surface area contributed by atoms with E-state index in [-0.39, 0.29) is 33.7 Å². The monoisotopic (exact) mass is 516 g/mol. The summed E-state index contributed by atoms with van der Waals surface area (Å²) in [5, 5.41) is 5.46. The SMILES string of the molecule is C.C.CC1=Cc2c(ccc3ccccc23)C1.CC1=Cc2c(ccc3ccccc23)C1C.C[SiH3].[CH2-]CCC.[Li+]. The molecule has 2 aliphatic carbocycles. The van der Waals surface area contributed by atoms with Crippen LogP contribution in [-0.2, 0) is 6.42 Å². The molecule has 1 atom stereocenters. The van der Waals surface area contributed by atoms with Gasteiger partial charge in [0.15, 0.2) is 0 Å². The molecule has 0 nitrogen and oxygen atoms in total. The Morgan fingerprint density at radius 3 is 1.82 bits per heavy atom. The van der Waals surface area contributed by atoms with Gasteiger partial charge in [-0.05, 0) is 74.3 Å². The predicted molar refractivity (Wildman–Crippen MR) is 177 cm³/mol. The third-order valence-corrected chi connectivity index (χ3v) is 6.80. The molecule has 6 rings (SSSR count). The van der Waals surface area contributed by atoms with E-state index in [1.165, 1.54) is 71.6 Å². The second-order valence-electron chi connectivity index (χ2n) is 9.28. The third-order valence-electron chi connectivity index (χ3n) is 6.80. The first-order valence-electron chi connectivity index (χ1n) is 13.2. The van der Waals surface area contributed by atoms with E-state index in [1.807, 2.05) is 0 Å². The Balaban J connectivity index is 0.000000563. The summed E-state index contributed by atoms with van der Waals surface area (Å²) in [6, 6.07) is 26.2. The van der Waals surface area contributed by atoms with E-state index in [0.29, 0.717) is 5.92 Å². The molecule has 0 aromatic heterocycles. The number of fused-ring (bicyclic) bond motifs is 6. The molecule has 4 aromatic carbocycles. The number of rotatable bonds is 1. The van der Waals surface area contributed by atoms with Crippen molar-refractivity contribution in [2.24, 2.45) is 0 Å². The van der Waals surface area contributed by atoms with E-state index in [9.17, 15) is 0 Å². The molecule has 0 saturated carbocycles. The Labute approximate surface area is 249 Å². The number of benzene rings is 4. The Morgan fingerprint density at radius 1 is 0.763 bits per heavy atom. The summed E-state index contributed by atoms with van der Waals surface area (Å²) in [6.45, 7) is 14.6. The van der Waals surface area contributed by atoms with Crippen LogP contribution in [0.1, 0.15) is 83.6 Å². The van der Waals surface area contributed by atoms with Crippen LogP contribution in [0.5, 0.6) is 0 Å². The van der Waals surface area contributed by atoms with E-state index in [4.69, 9.17) is 0 Å². The molecule has 1 unspecified atom stereocenters. The van der Waals surface area contributed by atoms with Crippen molar-refractivity contribution in [2.75, 3.05) is 0 Å². The van der Waals surface area contributed by atoms with Gasteiger partial charge in [-0.1, -0.05) is 138 Å². The first-order valence-corrected chi connectivity index (χ1v) is 15.2. The van der Waals surface area contributed by atoms with E-state index in [2.05, 4.69) is 126 Å². The minimum atomic E-state index is 0. The molecule has 38 heavy (non-hydrogen) atoms. The third kappa shape index (κ3) is 8.10. The zero-order valence-electron chi connectivity index (χ0n) is 23.5. The van der Waals surface area contributed by atoms with E-state index in [1.54, 1.807) is 0 Å². The molecule has 198 valence electrons. The van der Waals surface area contributed by atoms with Gasteiger partial charge in [-0.15, -0.1) is 0 Å². The molecular formula is C36H49LiSi. The second kappa shape index (κ2) is 17.3. The van der Waals surface area contributed by atoms with Gasteiger partial charge in [-0.25, -0.2) is 0 Å². The summed E-state index contributed by atoms with van der Waals surface area (Å²) in [6.07, 6.45) is 8.06. The molecular weight excluding hydrogens is 467 g/mol. The molecule has 2 aliphatic rings. The summed E-state index contributed by atoms with van der Waals surface area (Å²) in [4.78, 5) is 0. The van der Waals surface area contributed by atoms with Crippen molar-refractivity contribution in [1.29, 1.82) is 0 Å². The zero-order valence-corrected chi connectivity index (χ0v) is 25.5.